The molecule has 0 aromatic heterocycles. The van der Waals surface area contributed by atoms with Gasteiger partial charge in [0.25, 0.3) is 0 Å². The number of amides is 1. The van der Waals surface area contributed by atoms with Crippen LogP contribution in [0.4, 0.5) is 0 Å². The van der Waals surface area contributed by atoms with E-state index in [-0.39, 0.29) is 5.91 Å². The van der Waals surface area contributed by atoms with E-state index >= 15 is 0 Å². The van der Waals surface area contributed by atoms with E-state index in [9.17, 15) is 9.90 Å². The Hall–Kier alpha value is -0.610. The van der Waals surface area contributed by atoms with Crippen LogP contribution >= 0.6 is 0 Å². The molecule has 0 spiro atoms. The van der Waals surface area contributed by atoms with Crippen LogP contribution in [0.5, 0.6) is 0 Å². The van der Waals surface area contributed by atoms with Crippen molar-refractivity contribution in [2.75, 3.05) is 33.2 Å². The van der Waals surface area contributed by atoms with Crippen molar-refractivity contribution in [3.8, 4) is 0 Å². The third kappa shape index (κ3) is 6.07. The Morgan fingerprint density at radius 2 is 1.87 bits per heavy atom. The number of unbranched alkanes of at least 4 members (excludes halogenated alkanes) is 1. The van der Waals surface area contributed by atoms with Crippen molar-refractivity contribution < 1.29 is 9.90 Å². The molecular formula is C19H36N2O2. The summed E-state index contributed by atoms with van der Waals surface area (Å²) in [5, 5.41) is 10.6. The molecule has 1 aliphatic carbocycles. The van der Waals surface area contributed by atoms with Crippen LogP contribution in [-0.2, 0) is 4.79 Å². The molecule has 0 radical (unpaired) electrons. The van der Waals surface area contributed by atoms with Gasteiger partial charge in [-0.05, 0) is 51.6 Å². The number of carbonyl (C=O) groups is 1. The van der Waals surface area contributed by atoms with Gasteiger partial charge in [-0.2, -0.15) is 0 Å². The lowest BCUT2D eigenvalue weighted by atomic mass is 9.82. The molecule has 1 N–H and O–H groups in total. The van der Waals surface area contributed by atoms with E-state index in [0.717, 1.165) is 64.1 Å². The average molecular weight is 325 g/mol. The van der Waals surface area contributed by atoms with Gasteiger partial charge in [-0.15, -0.1) is 0 Å². The summed E-state index contributed by atoms with van der Waals surface area (Å²) >= 11 is 0. The van der Waals surface area contributed by atoms with Crippen LogP contribution in [-0.4, -0.2) is 59.6 Å². The second kappa shape index (κ2) is 9.03. The van der Waals surface area contributed by atoms with E-state index in [1.807, 2.05) is 4.90 Å². The van der Waals surface area contributed by atoms with Gasteiger partial charge in [-0.1, -0.05) is 32.6 Å². The molecule has 23 heavy (non-hydrogen) atoms. The fourth-order valence-electron chi connectivity index (χ4n) is 4.10. The van der Waals surface area contributed by atoms with E-state index < -0.39 is 5.60 Å². The van der Waals surface area contributed by atoms with Crippen molar-refractivity contribution in [2.45, 2.75) is 76.7 Å². The molecule has 1 saturated heterocycles. The van der Waals surface area contributed by atoms with E-state index in [1.165, 1.54) is 25.8 Å². The Morgan fingerprint density at radius 1 is 1.22 bits per heavy atom. The minimum absolute atomic E-state index is 0.173. The van der Waals surface area contributed by atoms with Gasteiger partial charge >= 0.3 is 0 Å². The highest BCUT2D eigenvalue weighted by Crippen LogP contribution is 2.32. The maximum absolute atomic E-state index is 12.5. The van der Waals surface area contributed by atoms with Crippen LogP contribution < -0.4 is 0 Å². The highest BCUT2D eigenvalue weighted by molar-refractivity contribution is 5.77. The third-order valence-electron chi connectivity index (χ3n) is 5.70. The van der Waals surface area contributed by atoms with Gasteiger partial charge in [0.2, 0.25) is 5.91 Å². The van der Waals surface area contributed by atoms with Crippen LogP contribution in [0, 0.1) is 5.92 Å². The highest BCUT2D eigenvalue weighted by atomic mass is 16.3. The molecule has 4 nitrogen and oxygen atoms in total. The fraction of sp³-hybridized carbons (Fsp3) is 0.947. The molecule has 0 atom stereocenters. The predicted molar refractivity (Wildman–Crippen MR) is 94.4 cm³/mol. The van der Waals surface area contributed by atoms with Crippen LogP contribution in [0.2, 0.25) is 0 Å². The van der Waals surface area contributed by atoms with Crippen molar-refractivity contribution >= 4 is 5.91 Å². The molecule has 1 saturated carbocycles. The largest absolute Gasteiger partial charge is 0.389 e. The number of likely N-dealkylation sites (tertiary alicyclic amines) is 1. The fourth-order valence-corrected chi connectivity index (χ4v) is 4.10. The van der Waals surface area contributed by atoms with Gasteiger partial charge in [-0.25, -0.2) is 0 Å². The molecule has 2 aliphatic rings. The first-order chi connectivity index (χ1) is 11.0. The predicted octanol–water partition coefficient (Wildman–Crippen LogP) is 3.04. The highest BCUT2D eigenvalue weighted by Gasteiger charge is 2.34. The first-order valence-corrected chi connectivity index (χ1v) is 9.71. The maximum atomic E-state index is 12.5. The van der Waals surface area contributed by atoms with E-state index in [4.69, 9.17) is 0 Å². The van der Waals surface area contributed by atoms with Crippen LogP contribution in [0.15, 0.2) is 0 Å². The molecule has 134 valence electrons. The van der Waals surface area contributed by atoms with Crippen molar-refractivity contribution in [2.24, 2.45) is 5.92 Å². The molecule has 0 aromatic rings. The lowest BCUT2D eigenvalue weighted by Gasteiger charge is -2.37. The number of carbonyl (C=O) groups excluding carboxylic acids is 1. The Labute approximate surface area is 142 Å². The molecule has 1 heterocycles. The molecule has 1 amide bonds. The normalized spacial score (nSPS) is 22.5. The minimum Gasteiger partial charge on any atom is -0.389 e. The zero-order chi connectivity index (χ0) is 16.7. The summed E-state index contributed by atoms with van der Waals surface area (Å²) in [6, 6.07) is 0. The molecular weight excluding hydrogens is 288 g/mol. The van der Waals surface area contributed by atoms with Gasteiger partial charge in [0.1, 0.15) is 0 Å². The van der Waals surface area contributed by atoms with Gasteiger partial charge in [-0.3, -0.25) is 4.79 Å². The second-order valence-electron chi connectivity index (χ2n) is 7.90. The molecule has 1 aliphatic heterocycles. The number of aliphatic hydroxyl groups is 1. The van der Waals surface area contributed by atoms with Crippen LogP contribution in [0.3, 0.4) is 0 Å². The summed E-state index contributed by atoms with van der Waals surface area (Å²) in [7, 11) is 2.21. The zero-order valence-electron chi connectivity index (χ0n) is 15.2. The summed E-state index contributed by atoms with van der Waals surface area (Å²) < 4.78 is 0. The molecule has 2 fully saturated rings. The van der Waals surface area contributed by atoms with Crippen molar-refractivity contribution in [1.82, 2.24) is 9.80 Å². The van der Waals surface area contributed by atoms with E-state index in [2.05, 4.69) is 18.9 Å². The number of nitrogens with zero attached hydrogens (tertiary/aromatic N) is 2. The van der Waals surface area contributed by atoms with E-state index in [0.29, 0.717) is 6.42 Å². The summed E-state index contributed by atoms with van der Waals surface area (Å²) in [5.41, 5.74) is -0.716. The molecule has 0 unspecified atom stereocenters. The summed E-state index contributed by atoms with van der Waals surface area (Å²) in [5.74, 6) is 0.894. The van der Waals surface area contributed by atoms with Crippen molar-refractivity contribution in [1.29, 1.82) is 0 Å². The summed E-state index contributed by atoms with van der Waals surface area (Å²) in [6.07, 6.45) is 10.0. The minimum atomic E-state index is -0.716. The average Bonchev–Trinajstić information content (AvgIpc) is 2.54. The SMILES string of the molecule is CCCCN(C)CC1CCN(C(=O)CC2(O)CCCCC2)CC1. The summed E-state index contributed by atoms with van der Waals surface area (Å²) in [4.78, 5) is 16.9. The van der Waals surface area contributed by atoms with Crippen molar-refractivity contribution in [3.05, 3.63) is 0 Å². The topological polar surface area (TPSA) is 43.8 Å². The second-order valence-corrected chi connectivity index (χ2v) is 7.90. The third-order valence-corrected chi connectivity index (χ3v) is 5.70. The Balaban J connectivity index is 1.70. The standard InChI is InChI=1S/C19H36N2O2/c1-3-4-12-20(2)16-17-8-13-21(14-9-17)18(22)15-19(23)10-6-5-7-11-19/h17,23H,3-16H2,1-2H3. The maximum Gasteiger partial charge on any atom is 0.225 e. The smallest absolute Gasteiger partial charge is 0.225 e. The summed E-state index contributed by atoms with van der Waals surface area (Å²) in [6.45, 7) is 6.33. The van der Waals surface area contributed by atoms with Gasteiger partial charge in [0.05, 0.1) is 12.0 Å². The van der Waals surface area contributed by atoms with Crippen LogP contribution in [0.1, 0.15) is 71.1 Å². The lowest BCUT2D eigenvalue weighted by Crippen LogP contribution is -2.45. The Kier molecular flexibility index (Phi) is 7.35. The van der Waals surface area contributed by atoms with Gasteiger partial charge in [0.15, 0.2) is 0 Å². The number of hydrogen-bond acceptors (Lipinski definition) is 3. The Bertz CT molecular complexity index is 358. The molecule has 0 bridgehead atoms. The lowest BCUT2D eigenvalue weighted by molar-refractivity contribution is -0.139. The monoisotopic (exact) mass is 324 g/mol. The quantitative estimate of drug-likeness (QED) is 0.783. The number of piperidine rings is 1. The Morgan fingerprint density at radius 3 is 2.48 bits per heavy atom. The van der Waals surface area contributed by atoms with Crippen LogP contribution in [0.25, 0.3) is 0 Å². The number of rotatable bonds is 7. The number of hydrogen-bond donors (Lipinski definition) is 1. The van der Waals surface area contributed by atoms with Crippen molar-refractivity contribution in [3.63, 3.8) is 0 Å². The molecule has 0 aromatic carbocycles. The molecule has 4 heteroatoms. The zero-order valence-corrected chi connectivity index (χ0v) is 15.2. The molecule has 2 rings (SSSR count). The first kappa shape index (κ1) is 18.7. The van der Waals surface area contributed by atoms with Gasteiger partial charge in [0, 0.05) is 19.6 Å². The van der Waals surface area contributed by atoms with Gasteiger partial charge < -0.3 is 14.9 Å². The van der Waals surface area contributed by atoms with E-state index in [1.54, 1.807) is 0 Å². The first-order valence-electron chi connectivity index (χ1n) is 9.71.